The maximum absolute atomic E-state index is 13.3. The highest BCUT2D eigenvalue weighted by atomic mass is 35.5. The van der Waals surface area contributed by atoms with E-state index in [4.69, 9.17) is 16.9 Å². The van der Waals surface area contributed by atoms with E-state index < -0.39 is 5.82 Å². The maximum atomic E-state index is 13.3. The lowest BCUT2D eigenvalue weighted by Gasteiger charge is -2.13. The highest BCUT2D eigenvalue weighted by molar-refractivity contribution is 6.29. The molecule has 0 aromatic heterocycles. The molecule has 0 saturated carbocycles. The Kier molecular flexibility index (Phi) is 4.48. The Morgan fingerprint density at radius 3 is 2.88 bits per heavy atom. The SMILES string of the molecule is C=C(Cl)CNC(C)c1ccc(C#N)c(F)c1. The van der Waals surface area contributed by atoms with E-state index in [0.717, 1.165) is 5.56 Å². The molecule has 0 aliphatic carbocycles. The fraction of sp³-hybridized carbons (Fsp3) is 0.250. The molecule has 1 rings (SSSR count). The summed E-state index contributed by atoms with van der Waals surface area (Å²) >= 11 is 5.61. The van der Waals surface area contributed by atoms with Crippen molar-refractivity contribution in [1.29, 1.82) is 5.26 Å². The Morgan fingerprint density at radius 2 is 2.38 bits per heavy atom. The van der Waals surface area contributed by atoms with Gasteiger partial charge in [-0.1, -0.05) is 24.2 Å². The highest BCUT2D eigenvalue weighted by Gasteiger charge is 2.08. The van der Waals surface area contributed by atoms with E-state index in [9.17, 15) is 4.39 Å². The zero-order chi connectivity index (χ0) is 12.1. The van der Waals surface area contributed by atoms with Gasteiger partial charge in [0.2, 0.25) is 0 Å². The predicted octanol–water partition coefficient (Wildman–Crippen LogP) is 3.10. The lowest BCUT2D eigenvalue weighted by Crippen LogP contribution is -2.19. The Morgan fingerprint density at radius 1 is 1.69 bits per heavy atom. The van der Waals surface area contributed by atoms with E-state index in [1.165, 1.54) is 12.1 Å². The number of halogens is 2. The largest absolute Gasteiger partial charge is 0.305 e. The van der Waals surface area contributed by atoms with Crippen molar-refractivity contribution in [3.8, 4) is 6.07 Å². The van der Waals surface area contributed by atoms with Crippen LogP contribution in [-0.4, -0.2) is 6.54 Å². The molecule has 1 aromatic carbocycles. The van der Waals surface area contributed by atoms with Gasteiger partial charge in [0, 0.05) is 17.6 Å². The van der Waals surface area contributed by atoms with Crippen molar-refractivity contribution in [2.45, 2.75) is 13.0 Å². The lowest BCUT2D eigenvalue weighted by molar-refractivity contribution is 0.591. The Balaban J connectivity index is 2.77. The fourth-order valence-electron chi connectivity index (χ4n) is 1.27. The standard InChI is InChI=1S/C12H12ClFN2/c1-8(13)7-16-9(2)10-3-4-11(6-15)12(14)5-10/h3-5,9,16H,1,7H2,2H3. The number of nitrogens with one attached hydrogen (secondary N) is 1. The first-order valence-electron chi connectivity index (χ1n) is 4.80. The van der Waals surface area contributed by atoms with Crippen molar-refractivity contribution in [3.05, 3.63) is 46.8 Å². The van der Waals surface area contributed by atoms with Crippen molar-refractivity contribution in [2.24, 2.45) is 0 Å². The minimum Gasteiger partial charge on any atom is -0.305 e. The van der Waals surface area contributed by atoms with Crippen molar-refractivity contribution in [3.63, 3.8) is 0 Å². The van der Waals surface area contributed by atoms with Gasteiger partial charge in [-0.2, -0.15) is 5.26 Å². The molecule has 0 radical (unpaired) electrons. The van der Waals surface area contributed by atoms with Crippen LogP contribution in [0.15, 0.2) is 29.8 Å². The van der Waals surface area contributed by atoms with Gasteiger partial charge in [0.25, 0.3) is 0 Å². The lowest BCUT2D eigenvalue weighted by atomic mass is 10.1. The number of nitrogens with zero attached hydrogens (tertiary/aromatic N) is 1. The van der Waals surface area contributed by atoms with Crippen molar-refractivity contribution in [1.82, 2.24) is 5.32 Å². The first-order chi connectivity index (χ1) is 7.54. The van der Waals surface area contributed by atoms with Gasteiger partial charge in [-0.3, -0.25) is 0 Å². The van der Waals surface area contributed by atoms with E-state index in [0.29, 0.717) is 11.6 Å². The van der Waals surface area contributed by atoms with E-state index in [-0.39, 0.29) is 11.6 Å². The van der Waals surface area contributed by atoms with Crippen LogP contribution < -0.4 is 5.32 Å². The number of hydrogen-bond donors (Lipinski definition) is 1. The molecule has 1 unspecified atom stereocenters. The normalized spacial score (nSPS) is 11.9. The molecule has 1 atom stereocenters. The molecule has 0 aliphatic heterocycles. The predicted molar refractivity (Wildman–Crippen MR) is 62.5 cm³/mol. The fourth-order valence-corrected chi connectivity index (χ4v) is 1.35. The first-order valence-corrected chi connectivity index (χ1v) is 5.18. The summed E-state index contributed by atoms with van der Waals surface area (Å²) in [4.78, 5) is 0. The van der Waals surface area contributed by atoms with Crippen LogP contribution in [-0.2, 0) is 0 Å². The number of benzene rings is 1. The van der Waals surface area contributed by atoms with Crippen LogP contribution >= 0.6 is 11.6 Å². The van der Waals surface area contributed by atoms with E-state index in [1.54, 1.807) is 12.1 Å². The number of rotatable bonds is 4. The topological polar surface area (TPSA) is 35.8 Å². The molecule has 0 saturated heterocycles. The molecule has 0 fully saturated rings. The summed E-state index contributed by atoms with van der Waals surface area (Å²) < 4.78 is 13.3. The number of nitriles is 1. The van der Waals surface area contributed by atoms with Gasteiger partial charge >= 0.3 is 0 Å². The summed E-state index contributed by atoms with van der Waals surface area (Å²) in [5, 5.41) is 12.2. The smallest absolute Gasteiger partial charge is 0.141 e. The third-order valence-electron chi connectivity index (χ3n) is 2.21. The van der Waals surface area contributed by atoms with E-state index >= 15 is 0 Å². The zero-order valence-electron chi connectivity index (χ0n) is 8.93. The van der Waals surface area contributed by atoms with Crippen LogP contribution in [0.3, 0.4) is 0 Å². The van der Waals surface area contributed by atoms with Crippen LogP contribution in [0.1, 0.15) is 24.1 Å². The molecule has 2 nitrogen and oxygen atoms in total. The first kappa shape index (κ1) is 12.7. The van der Waals surface area contributed by atoms with Gasteiger partial charge in [-0.05, 0) is 24.6 Å². The van der Waals surface area contributed by atoms with Crippen LogP contribution in [0.2, 0.25) is 0 Å². The summed E-state index contributed by atoms with van der Waals surface area (Å²) in [5.41, 5.74) is 0.826. The minimum atomic E-state index is -0.502. The molecule has 0 heterocycles. The summed E-state index contributed by atoms with van der Waals surface area (Å²) in [6, 6.07) is 6.28. The Bertz CT molecular complexity index is 437. The molecular formula is C12H12ClFN2. The van der Waals surface area contributed by atoms with Gasteiger partial charge in [-0.15, -0.1) is 0 Å². The molecule has 0 aliphatic rings. The summed E-state index contributed by atoms with van der Waals surface area (Å²) in [7, 11) is 0. The molecule has 1 aromatic rings. The number of hydrogen-bond acceptors (Lipinski definition) is 2. The summed E-state index contributed by atoms with van der Waals surface area (Å²) in [6.07, 6.45) is 0. The second kappa shape index (κ2) is 5.64. The molecule has 4 heteroatoms. The average molecular weight is 239 g/mol. The highest BCUT2D eigenvalue weighted by Crippen LogP contribution is 2.16. The molecule has 0 bridgehead atoms. The van der Waals surface area contributed by atoms with E-state index in [1.807, 2.05) is 6.92 Å². The van der Waals surface area contributed by atoms with Crippen LogP contribution in [0.5, 0.6) is 0 Å². The summed E-state index contributed by atoms with van der Waals surface area (Å²) in [5.74, 6) is -0.502. The third kappa shape index (κ3) is 3.34. The minimum absolute atomic E-state index is 0.0438. The van der Waals surface area contributed by atoms with Gasteiger partial charge in [-0.25, -0.2) is 4.39 Å². The quantitative estimate of drug-likeness (QED) is 0.875. The van der Waals surface area contributed by atoms with Gasteiger partial charge in [0.05, 0.1) is 5.56 Å². The van der Waals surface area contributed by atoms with Crippen LogP contribution in [0, 0.1) is 17.1 Å². The average Bonchev–Trinajstić information content (AvgIpc) is 2.25. The Labute approximate surface area is 99.3 Å². The monoisotopic (exact) mass is 238 g/mol. The maximum Gasteiger partial charge on any atom is 0.141 e. The van der Waals surface area contributed by atoms with Crippen molar-refractivity contribution < 1.29 is 4.39 Å². The molecule has 16 heavy (non-hydrogen) atoms. The van der Waals surface area contributed by atoms with E-state index in [2.05, 4.69) is 11.9 Å². The van der Waals surface area contributed by atoms with Crippen molar-refractivity contribution in [2.75, 3.05) is 6.54 Å². The van der Waals surface area contributed by atoms with Crippen LogP contribution in [0.4, 0.5) is 4.39 Å². The van der Waals surface area contributed by atoms with Gasteiger partial charge < -0.3 is 5.32 Å². The second-order valence-corrected chi connectivity index (χ2v) is 4.01. The van der Waals surface area contributed by atoms with Gasteiger partial charge in [0.1, 0.15) is 11.9 Å². The zero-order valence-corrected chi connectivity index (χ0v) is 9.68. The Hall–Kier alpha value is -1.37. The van der Waals surface area contributed by atoms with Crippen molar-refractivity contribution >= 4 is 11.6 Å². The molecular weight excluding hydrogens is 227 g/mol. The molecule has 0 spiro atoms. The summed E-state index contributed by atoms with van der Waals surface area (Å²) in [6.45, 7) is 5.90. The molecule has 0 amide bonds. The third-order valence-corrected chi connectivity index (χ3v) is 2.35. The second-order valence-electron chi connectivity index (χ2n) is 3.47. The molecule has 1 N–H and O–H groups in total. The van der Waals surface area contributed by atoms with Gasteiger partial charge in [0.15, 0.2) is 0 Å². The van der Waals surface area contributed by atoms with Crippen LogP contribution in [0.25, 0.3) is 0 Å². The molecule has 84 valence electrons.